The number of nitrogens with one attached hydrogen (secondary N) is 2. The number of H-pyrrole nitrogens is 1. The number of hydrogen-bond donors (Lipinski definition) is 2. The van der Waals surface area contributed by atoms with Gasteiger partial charge in [0.1, 0.15) is 6.04 Å². The first-order valence-corrected chi connectivity index (χ1v) is 12.1. The molecule has 1 heterocycles. The normalized spacial score (nSPS) is 20.7. The van der Waals surface area contributed by atoms with Crippen molar-refractivity contribution in [3.63, 3.8) is 0 Å². The minimum Gasteiger partial charge on any atom is -0.467 e. The van der Waals surface area contributed by atoms with E-state index in [2.05, 4.69) is 59.6 Å². The Labute approximate surface area is 250 Å². The summed E-state index contributed by atoms with van der Waals surface area (Å²) < 4.78 is 5.00. The Morgan fingerprint density at radius 1 is 1.09 bits per heavy atom. The molecule has 0 spiro atoms. The van der Waals surface area contributed by atoms with E-state index in [0.29, 0.717) is 18.8 Å². The summed E-state index contributed by atoms with van der Waals surface area (Å²) in [5, 5.41) is 4.01. The van der Waals surface area contributed by atoms with Crippen LogP contribution in [0.25, 0.3) is 10.9 Å². The van der Waals surface area contributed by atoms with E-state index >= 15 is 0 Å². The molecule has 1 atom stereocenters. The fourth-order valence-corrected chi connectivity index (χ4v) is 5.47. The third-order valence-corrected chi connectivity index (χ3v) is 7.49. The average Bonchev–Trinajstić information content (AvgIpc) is 3.27. The zero-order valence-corrected chi connectivity index (χ0v) is 24.5. The van der Waals surface area contributed by atoms with Crippen LogP contribution in [0.5, 0.6) is 0 Å². The molecule has 1 aliphatic carbocycles. The Hall–Kier alpha value is -1.48. The molecule has 181 valence electrons. The maximum atomic E-state index is 13.0. The van der Waals surface area contributed by atoms with Gasteiger partial charge in [-0.05, 0) is 62.9 Å². The fourth-order valence-electron chi connectivity index (χ4n) is 5.47. The zero-order chi connectivity index (χ0) is 24.1. The molecule has 2 N–H and O–H groups in total. The summed E-state index contributed by atoms with van der Waals surface area (Å²) in [7, 11) is 5.65. The molecule has 1 aromatic heterocycles. The number of esters is 1. The monoisotopic (exact) mass is 500 g/mol. The van der Waals surface area contributed by atoms with Crippen molar-refractivity contribution in [2.24, 2.45) is 5.92 Å². The summed E-state index contributed by atoms with van der Waals surface area (Å²) in [6.07, 6.45) is 6.70. The van der Waals surface area contributed by atoms with Crippen LogP contribution in [0.1, 0.15) is 43.2 Å². The molecule has 0 aliphatic heterocycles. The molecule has 35 heavy (non-hydrogen) atoms. The van der Waals surface area contributed by atoms with E-state index in [1.807, 2.05) is 30.5 Å². The van der Waals surface area contributed by atoms with Crippen LogP contribution in [-0.4, -0.2) is 100 Å². The van der Waals surface area contributed by atoms with Crippen LogP contribution < -0.4 is 5.32 Å². The van der Waals surface area contributed by atoms with Crippen LogP contribution in [0.3, 0.4) is 0 Å². The Bertz CT molecular complexity index is 1120. The van der Waals surface area contributed by atoms with E-state index in [1.165, 1.54) is 12.7 Å². The fraction of sp³-hybridized carbons (Fsp3) is 0.429. The van der Waals surface area contributed by atoms with Gasteiger partial charge in [-0.2, -0.15) is 0 Å². The van der Waals surface area contributed by atoms with Gasteiger partial charge in [0.05, 0.1) is 7.11 Å². The molecule has 3 aromatic rings. The second kappa shape index (κ2) is 12.7. The third-order valence-electron chi connectivity index (χ3n) is 7.49. The summed E-state index contributed by atoms with van der Waals surface area (Å²) in [4.78, 5) is 31.0. The molecule has 2 aromatic carbocycles. The number of benzene rings is 2. The van der Waals surface area contributed by atoms with E-state index in [-0.39, 0.29) is 62.8 Å². The van der Waals surface area contributed by atoms with Crippen molar-refractivity contribution in [2.75, 3.05) is 21.2 Å². The number of aromatic nitrogens is 1. The van der Waals surface area contributed by atoms with Crippen LogP contribution >= 0.6 is 0 Å². The number of fused-ring (bicyclic) bond motifs is 1. The molecule has 0 unspecified atom stereocenters. The topological polar surface area (TPSA) is 74.4 Å². The molecule has 7 heteroatoms. The molecule has 1 fully saturated rings. The van der Waals surface area contributed by atoms with Gasteiger partial charge in [0.15, 0.2) is 0 Å². The van der Waals surface area contributed by atoms with Crippen molar-refractivity contribution in [1.82, 2.24) is 15.2 Å². The summed E-state index contributed by atoms with van der Waals surface area (Å²) >= 11 is 0. The summed E-state index contributed by atoms with van der Waals surface area (Å²) in [6.45, 7) is 0. The molecule has 0 bridgehead atoms. The first kappa shape index (κ1) is 28.1. The molecule has 1 amide bonds. The number of carbonyl (C=O) groups excluding carboxylic acids is 2. The second-order valence-electron chi connectivity index (χ2n) is 9.65. The predicted octanol–water partition coefficient (Wildman–Crippen LogP) is 4.02. The summed E-state index contributed by atoms with van der Waals surface area (Å²) in [5.41, 5.74) is 3.35. The van der Waals surface area contributed by atoms with Crippen LogP contribution in [0.15, 0.2) is 60.8 Å². The van der Waals surface area contributed by atoms with Gasteiger partial charge in [-0.25, -0.2) is 4.79 Å². The number of methoxy groups -OCH3 is 1. The maximum absolute atomic E-state index is 13.0. The van der Waals surface area contributed by atoms with E-state index in [0.717, 1.165) is 42.1 Å². The number of para-hydroxylation sites is 1. The Morgan fingerprint density at radius 3 is 2.40 bits per heavy atom. The summed E-state index contributed by atoms with van der Waals surface area (Å²) in [5.74, 6) is -0.196. The van der Waals surface area contributed by atoms with Crippen molar-refractivity contribution in [3.8, 4) is 0 Å². The third kappa shape index (κ3) is 6.45. The average molecular weight is 501 g/mol. The number of amides is 1. The summed E-state index contributed by atoms with van der Waals surface area (Å²) in [6, 6.07) is 17.9. The van der Waals surface area contributed by atoms with Gasteiger partial charge in [-0.1, -0.05) is 48.5 Å². The Kier molecular flexibility index (Phi) is 10.2. The number of hydrogen-bond acceptors (Lipinski definition) is 4. The van der Waals surface area contributed by atoms with Gasteiger partial charge < -0.3 is 15.0 Å². The molecule has 1 radical (unpaired) electrons. The quantitative estimate of drug-likeness (QED) is 0.362. The first-order chi connectivity index (χ1) is 16.4. The standard InChI is InChI=1S/C28H35N3O3.K/c1-31(2)28(22-9-5-4-6-10-22)15-13-20(14-16-28)17-26(32)30-25(27(33)34-3)18-21-19-29-24-12-8-7-11-23(21)24;/h4-12,19-20,25,29H,13-18H2,1-3H3,(H,30,32);/t20?,25-,28?;/m0./s1. The number of aromatic amines is 1. The van der Waals surface area contributed by atoms with Crippen molar-refractivity contribution < 1.29 is 14.3 Å². The van der Waals surface area contributed by atoms with Gasteiger partial charge >= 0.3 is 5.97 Å². The first-order valence-electron chi connectivity index (χ1n) is 12.1. The van der Waals surface area contributed by atoms with Crippen molar-refractivity contribution in [3.05, 3.63) is 71.9 Å². The van der Waals surface area contributed by atoms with Crippen molar-refractivity contribution in [1.29, 1.82) is 0 Å². The molecule has 0 saturated heterocycles. The van der Waals surface area contributed by atoms with Crippen LogP contribution in [0.2, 0.25) is 0 Å². The molecule has 1 saturated carbocycles. The predicted molar refractivity (Wildman–Crippen MR) is 140 cm³/mol. The van der Waals surface area contributed by atoms with E-state index in [4.69, 9.17) is 4.74 Å². The second-order valence-corrected chi connectivity index (χ2v) is 9.65. The van der Waals surface area contributed by atoms with Gasteiger partial charge in [-0.15, -0.1) is 0 Å². The zero-order valence-electron chi connectivity index (χ0n) is 21.3. The number of rotatable bonds is 8. The molecular formula is C28H35KN3O3. The van der Waals surface area contributed by atoms with Gasteiger partial charge in [0.25, 0.3) is 0 Å². The largest absolute Gasteiger partial charge is 0.467 e. The smallest absolute Gasteiger partial charge is 0.328 e. The SMILES string of the molecule is COC(=O)[C@H](Cc1c[nH]c2ccccc12)NC(=O)CC1CCC(c2ccccc2)(N(C)C)CC1.[K]. The van der Waals surface area contributed by atoms with E-state index < -0.39 is 12.0 Å². The maximum Gasteiger partial charge on any atom is 0.328 e. The minimum atomic E-state index is -0.703. The van der Waals surface area contributed by atoms with Crippen LogP contribution in [-0.2, 0) is 26.3 Å². The molecular weight excluding hydrogens is 465 g/mol. The van der Waals surface area contributed by atoms with Crippen LogP contribution in [0, 0.1) is 5.92 Å². The van der Waals surface area contributed by atoms with Crippen molar-refractivity contribution >= 4 is 74.2 Å². The van der Waals surface area contributed by atoms with Crippen LogP contribution in [0.4, 0.5) is 0 Å². The van der Waals surface area contributed by atoms with Gasteiger partial charge in [0, 0.05) is 86.9 Å². The molecule has 4 rings (SSSR count). The number of nitrogens with zero attached hydrogens (tertiary/aromatic N) is 1. The number of ether oxygens (including phenoxy) is 1. The van der Waals surface area contributed by atoms with Gasteiger partial charge in [-0.3, -0.25) is 9.69 Å². The van der Waals surface area contributed by atoms with E-state index in [9.17, 15) is 9.59 Å². The number of carbonyl (C=O) groups is 2. The van der Waals surface area contributed by atoms with Crippen molar-refractivity contribution in [2.45, 2.75) is 50.1 Å². The molecule has 1 aliphatic rings. The molecule has 6 nitrogen and oxygen atoms in total. The van der Waals surface area contributed by atoms with Gasteiger partial charge in [0.2, 0.25) is 5.91 Å². The Balaban J connectivity index is 0.00000342. The van der Waals surface area contributed by atoms with E-state index in [1.54, 1.807) is 0 Å². The minimum absolute atomic E-state index is 0. The Morgan fingerprint density at radius 2 is 1.74 bits per heavy atom.